The number of aliphatic hydroxyl groups is 1. The van der Waals surface area contributed by atoms with Crippen LogP contribution in [0.2, 0.25) is 0 Å². The molecule has 0 bridgehead atoms. The van der Waals surface area contributed by atoms with Crippen molar-refractivity contribution in [2.75, 3.05) is 11.3 Å². The number of rotatable bonds is 2. The average Bonchev–Trinajstić information content (AvgIpc) is 2.28. The number of benzene rings is 1. The Balaban J connectivity index is 3.11. The third kappa shape index (κ3) is 3.98. The first-order valence-corrected chi connectivity index (χ1v) is 7.38. The predicted molar refractivity (Wildman–Crippen MR) is 77.4 cm³/mol. The Hall–Kier alpha value is -1.51. The Morgan fingerprint density at radius 1 is 1.32 bits per heavy atom. The van der Waals surface area contributed by atoms with E-state index in [4.69, 9.17) is 5.11 Å². The lowest BCUT2D eigenvalue weighted by Crippen LogP contribution is -2.33. The number of aliphatic hydroxyl groups excluding tert-OH is 1. The van der Waals surface area contributed by atoms with Gasteiger partial charge in [-0.15, -0.1) is 0 Å². The summed E-state index contributed by atoms with van der Waals surface area (Å²) in [7, 11) is -3.45. The van der Waals surface area contributed by atoms with Gasteiger partial charge in [0.25, 0.3) is 0 Å². The van der Waals surface area contributed by atoms with E-state index in [1.807, 2.05) is 6.92 Å². The van der Waals surface area contributed by atoms with E-state index < -0.39 is 14.8 Å². The molecule has 0 saturated heterocycles. The summed E-state index contributed by atoms with van der Waals surface area (Å²) < 4.78 is 25.8. The molecule has 2 N–H and O–H groups in total. The van der Waals surface area contributed by atoms with E-state index in [-0.39, 0.29) is 6.61 Å². The average molecular weight is 281 g/mol. The Morgan fingerprint density at radius 2 is 1.95 bits per heavy atom. The minimum Gasteiger partial charge on any atom is -0.384 e. The molecule has 5 heteroatoms. The summed E-state index contributed by atoms with van der Waals surface area (Å²) in [5.74, 6) is 5.35. The molecule has 0 radical (unpaired) electrons. The molecule has 0 atom stereocenters. The first kappa shape index (κ1) is 15.5. The minimum absolute atomic E-state index is 0.225. The molecule has 0 amide bonds. The van der Waals surface area contributed by atoms with E-state index in [1.54, 1.807) is 39.0 Å². The minimum atomic E-state index is -3.45. The van der Waals surface area contributed by atoms with Gasteiger partial charge in [0.2, 0.25) is 10.0 Å². The van der Waals surface area contributed by atoms with Crippen molar-refractivity contribution in [3.05, 3.63) is 29.3 Å². The van der Waals surface area contributed by atoms with Gasteiger partial charge in [-0.05, 0) is 45.4 Å². The summed E-state index contributed by atoms with van der Waals surface area (Å²) in [6, 6.07) is 5.16. The highest BCUT2D eigenvalue weighted by Crippen LogP contribution is 2.21. The maximum atomic E-state index is 12.0. The Morgan fingerprint density at radius 3 is 2.47 bits per heavy atom. The van der Waals surface area contributed by atoms with Gasteiger partial charge in [-0.1, -0.05) is 17.9 Å². The molecular formula is C14H19NO3S. The zero-order chi connectivity index (χ0) is 14.7. The highest BCUT2D eigenvalue weighted by Gasteiger charge is 2.28. The van der Waals surface area contributed by atoms with Crippen LogP contribution in [0.1, 0.15) is 31.9 Å². The van der Waals surface area contributed by atoms with Crippen molar-refractivity contribution in [2.24, 2.45) is 0 Å². The summed E-state index contributed by atoms with van der Waals surface area (Å²) in [5.41, 5.74) is 2.10. The van der Waals surface area contributed by atoms with Crippen LogP contribution in [0, 0.1) is 18.8 Å². The van der Waals surface area contributed by atoms with E-state index in [9.17, 15) is 8.42 Å². The first-order chi connectivity index (χ1) is 8.67. The molecule has 1 aromatic carbocycles. The second-order valence-electron chi connectivity index (χ2n) is 5.21. The second kappa shape index (κ2) is 5.64. The quantitative estimate of drug-likeness (QED) is 0.813. The lowest BCUT2D eigenvalue weighted by Gasteiger charge is -2.20. The number of anilines is 1. The molecule has 0 unspecified atom stereocenters. The maximum Gasteiger partial charge on any atom is 0.237 e. The van der Waals surface area contributed by atoms with Crippen molar-refractivity contribution in [3.8, 4) is 11.8 Å². The predicted octanol–water partition coefficient (Wildman–Crippen LogP) is 1.88. The van der Waals surface area contributed by atoms with Crippen molar-refractivity contribution < 1.29 is 13.5 Å². The van der Waals surface area contributed by atoms with Crippen molar-refractivity contribution in [1.82, 2.24) is 0 Å². The molecule has 0 aliphatic heterocycles. The lowest BCUT2D eigenvalue weighted by molar-refractivity contribution is 0.350. The number of hydrogen-bond donors (Lipinski definition) is 2. The van der Waals surface area contributed by atoms with E-state index in [0.29, 0.717) is 11.3 Å². The van der Waals surface area contributed by atoms with E-state index in [2.05, 4.69) is 16.6 Å². The number of hydrogen-bond acceptors (Lipinski definition) is 3. The molecule has 4 nitrogen and oxygen atoms in total. The van der Waals surface area contributed by atoms with Crippen molar-refractivity contribution in [3.63, 3.8) is 0 Å². The van der Waals surface area contributed by atoms with Crippen molar-refractivity contribution in [2.45, 2.75) is 32.4 Å². The van der Waals surface area contributed by atoms with Gasteiger partial charge in [-0.2, -0.15) is 0 Å². The van der Waals surface area contributed by atoms with Gasteiger partial charge >= 0.3 is 0 Å². The largest absolute Gasteiger partial charge is 0.384 e. The molecule has 0 aliphatic carbocycles. The Kier molecular flexibility index (Phi) is 4.61. The van der Waals surface area contributed by atoms with Gasteiger partial charge in [0.05, 0.1) is 4.75 Å². The second-order valence-corrected chi connectivity index (χ2v) is 7.64. The van der Waals surface area contributed by atoms with Crippen LogP contribution in [0.4, 0.5) is 5.69 Å². The standard InChI is InChI=1S/C14H19NO3S/c1-11-7-8-13(10-12(11)6-5-9-16)15-19(17,18)14(2,3)4/h7-8,10,15-16H,9H2,1-4H3. The van der Waals surface area contributed by atoms with Crippen LogP contribution in [0.15, 0.2) is 18.2 Å². The van der Waals surface area contributed by atoms with Crippen molar-refractivity contribution >= 4 is 15.7 Å². The number of aryl methyl sites for hydroxylation is 1. The smallest absolute Gasteiger partial charge is 0.237 e. The topological polar surface area (TPSA) is 66.4 Å². The van der Waals surface area contributed by atoms with E-state index in [0.717, 1.165) is 5.56 Å². The molecule has 1 aromatic rings. The van der Waals surface area contributed by atoms with Crippen LogP contribution in [-0.2, 0) is 10.0 Å². The van der Waals surface area contributed by atoms with Gasteiger partial charge in [0.1, 0.15) is 6.61 Å². The van der Waals surface area contributed by atoms with Crippen LogP contribution < -0.4 is 4.72 Å². The summed E-state index contributed by atoms with van der Waals surface area (Å²) in [6.45, 7) is 6.56. The van der Waals surface area contributed by atoms with Gasteiger partial charge in [-0.3, -0.25) is 4.72 Å². The van der Waals surface area contributed by atoms with Crippen LogP contribution in [-0.4, -0.2) is 24.9 Å². The molecule has 19 heavy (non-hydrogen) atoms. The zero-order valence-corrected chi connectivity index (χ0v) is 12.4. The third-order valence-corrected chi connectivity index (χ3v) is 4.71. The summed E-state index contributed by atoms with van der Waals surface area (Å²) in [6.07, 6.45) is 0. The summed E-state index contributed by atoms with van der Waals surface area (Å²) in [4.78, 5) is 0. The fourth-order valence-corrected chi connectivity index (χ4v) is 2.01. The van der Waals surface area contributed by atoms with Gasteiger partial charge in [-0.25, -0.2) is 8.42 Å². The zero-order valence-electron chi connectivity index (χ0n) is 11.6. The molecule has 1 rings (SSSR count). The van der Waals surface area contributed by atoms with Crippen LogP contribution >= 0.6 is 0 Å². The SMILES string of the molecule is Cc1ccc(NS(=O)(=O)C(C)(C)C)cc1C#CCO. The monoisotopic (exact) mass is 281 g/mol. The Bertz CT molecular complexity index is 616. The van der Waals surface area contributed by atoms with Crippen molar-refractivity contribution in [1.29, 1.82) is 0 Å². The van der Waals surface area contributed by atoms with Crippen LogP contribution in [0.3, 0.4) is 0 Å². The van der Waals surface area contributed by atoms with Crippen LogP contribution in [0.5, 0.6) is 0 Å². The lowest BCUT2D eigenvalue weighted by atomic mass is 10.1. The molecule has 0 saturated carbocycles. The molecule has 0 aromatic heterocycles. The fraction of sp³-hybridized carbons (Fsp3) is 0.429. The van der Waals surface area contributed by atoms with Gasteiger partial charge in [0.15, 0.2) is 0 Å². The molecule has 0 fully saturated rings. The molecule has 0 heterocycles. The van der Waals surface area contributed by atoms with Crippen LogP contribution in [0.25, 0.3) is 0 Å². The van der Waals surface area contributed by atoms with E-state index in [1.165, 1.54) is 0 Å². The normalized spacial score (nSPS) is 11.6. The molecule has 0 aliphatic rings. The third-order valence-electron chi connectivity index (χ3n) is 2.60. The molecular weight excluding hydrogens is 262 g/mol. The summed E-state index contributed by atoms with van der Waals surface area (Å²) >= 11 is 0. The van der Waals surface area contributed by atoms with E-state index >= 15 is 0 Å². The van der Waals surface area contributed by atoms with Gasteiger partial charge < -0.3 is 5.11 Å². The van der Waals surface area contributed by atoms with Gasteiger partial charge in [0, 0.05) is 11.3 Å². The molecule has 0 spiro atoms. The number of nitrogens with one attached hydrogen (secondary N) is 1. The summed E-state index contributed by atoms with van der Waals surface area (Å²) in [5, 5.41) is 8.70. The first-order valence-electron chi connectivity index (χ1n) is 5.90. The molecule has 104 valence electrons. The Labute approximate surface area is 114 Å². The highest BCUT2D eigenvalue weighted by molar-refractivity contribution is 7.94. The maximum absolute atomic E-state index is 12.0. The fourth-order valence-electron chi connectivity index (χ4n) is 1.26. The number of sulfonamides is 1. The highest BCUT2D eigenvalue weighted by atomic mass is 32.2.